The summed E-state index contributed by atoms with van der Waals surface area (Å²) in [7, 11) is 3.17. The van der Waals surface area contributed by atoms with Gasteiger partial charge in [0.25, 0.3) is 5.91 Å². The third-order valence-corrected chi connectivity index (χ3v) is 4.86. The van der Waals surface area contributed by atoms with Gasteiger partial charge in [0.2, 0.25) is 0 Å². The lowest BCUT2D eigenvalue weighted by molar-refractivity contribution is 0.102. The molecule has 2 aromatic heterocycles. The van der Waals surface area contributed by atoms with Crippen LogP contribution in [0.5, 0.6) is 11.5 Å². The van der Waals surface area contributed by atoms with E-state index in [9.17, 15) is 4.79 Å². The number of nitrogens with zero attached hydrogens (tertiary/aromatic N) is 2. The summed E-state index contributed by atoms with van der Waals surface area (Å²) in [6, 6.07) is 7.43. The zero-order chi connectivity index (χ0) is 18.7. The number of anilines is 1. The summed E-state index contributed by atoms with van der Waals surface area (Å²) in [5, 5.41) is 5.29. The van der Waals surface area contributed by atoms with Crippen molar-refractivity contribution in [2.45, 2.75) is 13.8 Å². The molecule has 0 saturated carbocycles. The molecule has 0 saturated heterocycles. The number of hydrogen-bond donors (Lipinski definition) is 1. The van der Waals surface area contributed by atoms with E-state index in [2.05, 4.69) is 15.3 Å². The van der Waals surface area contributed by atoms with Gasteiger partial charge in [0.05, 0.1) is 26.1 Å². The number of ether oxygens (including phenoxy) is 2. The van der Waals surface area contributed by atoms with Crippen LogP contribution in [-0.2, 0) is 0 Å². The highest BCUT2D eigenvalue weighted by molar-refractivity contribution is 7.13. The molecule has 6 nitrogen and oxygen atoms in total. The molecule has 26 heavy (non-hydrogen) atoms. The van der Waals surface area contributed by atoms with Crippen molar-refractivity contribution in [1.29, 1.82) is 0 Å². The fourth-order valence-electron chi connectivity index (χ4n) is 2.39. The molecule has 0 fully saturated rings. The van der Waals surface area contributed by atoms with Gasteiger partial charge in [-0.15, -0.1) is 11.3 Å². The van der Waals surface area contributed by atoms with Gasteiger partial charge in [0, 0.05) is 16.6 Å². The number of aromatic nitrogens is 2. The lowest BCUT2D eigenvalue weighted by Gasteiger charge is -2.08. The Balaban J connectivity index is 1.80. The van der Waals surface area contributed by atoms with E-state index in [0.29, 0.717) is 22.9 Å². The Morgan fingerprint density at radius 3 is 2.58 bits per heavy atom. The van der Waals surface area contributed by atoms with Gasteiger partial charge in [-0.05, 0) is 43.7 Å². The summed E-state index contributed by atoms with van der Waals surface area (Å²) in [4.78, 5) is 21.1. The second kappa shape index (κ2) is 7.53. The van der Waals surface area contributed by atoms with Gasteiger partial charge >= 0.3 is 0 Å². The first-order chi connectivity index (χ1) is 12.5. The Kier molecular flexibility index (Phi) is 5.18. The SMILES string of the molecule is COc1ccc(-c2nc(C(=O)Nc3cnc(C)c(C)c3)cs2)cc1OC. The molecule has 7 heteroatoms. The van der Waals surface area contributed by atoms with Gasteiger partial charge in [0.1, 0.15) is 10.7 Å². The number of benzene rings is 1. The molecule has 0 bridgehead atoms. The molecule has 0 atom stereocenters. The van der Waals surface area contributed by atoms with Gasteiger partial charge in [0.15, 0.2) is 11.5 Å². The fourth-order valence-corrected chi connectivity index (χ4v) is 3.18. The van der Waals surface area contributed by atoms with E-state index in [-0.39, 0.29) is 5.91 Å². The Labute approximate surface area is 155 Å². The molecule has 3 aromatic rings. The van der Waals surface area contributed by atoms with Crippen LogP contribution in [0.25, 0.3) is 10.6 Å². The highest BCUT2D eigenvalue weighted by atomic mass is 32.1. The Morgan fingerprint density at radius 2 is 1.88 bits per heavy atom. The maximum atomic E-state index is 12.4. The Morgan fingerprint density at radius 1 is 1.12 bits per heavy atom. The van der Waals surface area contributed by atoms with Crippen molar-refractivity contribution in [3.05, 3.63) is 52.8 Å². The molecule has 1 N–H and O–H groups in total. The topological polar surface area (TPSA) is 73.3 Å². The minimum absolute atomic E-state index is 0.266. The highest BCUT2D eigenvalue weighted by Gasteiger charge is 2.14. The van der Waals surface area contributed by atoms with Crippen LogP contribution in [0.15, 0.2) is 35.8 Å². The first-order valence-corrected chi connectivity index (χ1v) is 8.82. The highest BCUT2D eigenvalue weighted by Crippen LogP contribution is 2.33. The molecular formula is C19H19N3O3S. The average Bonchev–Trinajstić information content (AvgIpc) is 3.14. The number of nitrogens with one attached hydrogen (secondary N) is 1. The number of aryl methyl sites for hydroxylation is 2. The number of methoxy groups -OCH3 is 2. The summed E-state index contributed by atoms with van der Waals surface area (Å²) >= 11 is 1.40. The monoisotopic (exact) mass is 369 g/mol. The van der Waals surface area contributed by atoms with E-state index in [0.717, 1.165) is 21.8 Å². The molecule has 1 amide bonds. The van der Waals surface area contributed by atoms with Crippen molar-refractivity contribution >= 4 is 22.9 Å². The first-order valence-electron chi connectivity index (χ1n) is 7.94. The van der Waals surface area contributed by atoms with Crippen molar-refractivity contribution in [3.8, 4) is 22.1 Å². The molecule has 0 spiro atoms. The lowest BCUT2D eigenvalue weighted by atomic mass is 10.2. The number of hydrogen-bond acceptors (Lipinski definition) is 6. The predicted octanol–water partition coefficient (Wildman–Crippen LogP) is 4.09. The lowest BCUT2D eigenvalue weighted by Crippen LogP contribution is -2.12. The normalized spacial score (nSPS) is 10.5. The predicted molar refractivity (Wildman–Crippen MR) is 102 cm³/mol. The molecule has 134 valence electrons. The maximum absolute atomic E-state index is 12.4. The quantitative estimate of drug-likeness (QED) is 0.733. The summed E-state index contributed by atoms with van der Waals surface area (Å²) < 4.78 is 10.6. The largest absolute Gasteiger partial charge is 0.493 e. The average molecular weight is 369 g/mol. The summed E-state index contributed by atoms with van der Waals surface area (Å²) in [6.07, 6.45) is 1.64. The third kappa shape index (κ3) is 3.67. The van der Waals surface area contributed by atoms with Crippen LogP contribution in [-0.4, -0.2) is 30.1 Å². The zero-order valence-electron chi connectivity index (χ0n) is 15.0. The molecule has 0 radical (unpaired) electrons. The smallest absolute Gasteiger partial charge is 0.275 e. The molecular weight excluding hydrogens is 350 g/mol. The van der Waals surface area contributed by atoms with Crippen LogP contribution in [0, 0.1) is 13.8 Å². The van der Waals surface area contributed by atoms with E-state index >= 15 is 0 Å². The third-order valence-electron chi connectivity index (χ3n) is 3.97. The van der Waals surface area contributed by atoms with E-state index in [1.807, 2.05) is 38.1 Å². The minimum atomic E-state index is -0.266. The van der Waals surface area contributed by atoms with E-state index in [1.165, 1.54) is 11.3 Å². The molecule has 2 heterocycles. The summed E-state index contributed by atoms with van der Waals surface area (Å²) in [6.45, 7) is 3.88. The maximum Gasteiger partial charge on any atom is 0.275 e. The molecule has 0 unspecified atom stereocenters. The Hall–Kier alpha value is -2.93. The van der Waals surface area contributed by atoms with Crippen LogP contribution in [0.3, 0.4) is 0 Å². The van der Waals surface area contributed by atoms with E-state index < -0.39 is 0 Å². The number of pyridine rings is 1. The van der Waals surface area contributed by atoms with Crippen molar-refractivity contribution in [2.24, 2.45) is 0 Å². The molecule has 0 aliphatic heterocycles. The molecule has 0 aliphatic rings. The van der Waals surface area contributed by atoms with Crippen LogP contribution < -0.4 is 14.8 Å². The Bertz CT molecular complexity index is 953. The zero-order valence-corrected chi connectivity index (χ0v) is 15.8. The van der Waals surface area contributed by atoms with Gasteiger partial charge in [-0.2, -0.15) is 0 Å². The van der Waals surface area contributed by atoms with Crippen molar-refractivity contribution in [1.82, 2.24) is 9.97 Å². The fraction of sp³-hybridized carbons (Fsp3) is 0.211. The van der Waals surface area contributed by atoms with Gasteiger partial charge in [-0.3, -0.25) is 9.78 Å². The number of amides is 1. The van der Waals surface area contributed by atoms with Gasteiger partial charge < -0.3 is 14.8 Å². The minimum Gasteiger partial charge on any atom is -0.493 e. The second-order valence-corrected chi connectivity index (χ2v) is 6.55. The van der Waals surface area contributed by atoms with Crippen LogP contribution in [0.1, 0.15) is 21.7 Å². The van der Waals surface area contributed by atoms with Crippen molar-refractivity contribution in [3.63, 3.8) is 0 Å². The van der Waals surface area contributed by atoms with Crippen LogP contribution >= 0.6 is 11.3 Å². The van der Waals surface area contributed by atoms with Gasteiger partial charge in [-0.1, -0.05) is 0 Å². The number of carbonyl (C=O) groups excluding carboxylic acids is 1. The van der Waals surface area contributed by atoms with Crippen molar-refractivity contribution in [2.75, 3.05) is 19.5 Å². The van der Waals surface area contributed by atoms with Crippen LogP contribution in [0.2, 0.25) is 0 Å². The molecule has 0 aliphatic carbocycles. The van der Waals surface area contributed by atoms with Crippen molar-refractivity contribution < 1.29 is 14.3 Å². The summed E-state index contributed by atoms with van der Waals surface area (Å²) in [5.41, 5.74) is 3.83. The number of rotatable bonds is 5. The van der Waals surface area contributed by atoms with E-state index in [4.69, 9.17) is 9.47 Å². The molecule has 1 aromatic carbocycles. The second-order valence-electron chi connectivity index (χ2n) is 5.69. The summed E-state index contributed by atoms with van der Waals surface area (Å²) in [5.74, 6) is 0.999. The number of thiazole rings is 1. The number of carbonyl (C=O) groups is 1. The first kappa shape index (κ1) is 17.9. The van der Waals surface area contributed by atoms with E-state index in [1.54, 1.807) is 25.8 Å². The molecule has 3 rings (SSSR count). The van der Waals surface area contributed by atoms with Gasteiger partial charge in [-0.25, -0.2) is 4.98 Å². The van der Waals surface area contributed by atoms with Crippen LogP contribution in [0.4, 0.5) is 5.69 Å². The standard InChI is InChI=1S/C19H19N3O3S/c1-11-7-14(9-20-12(11)2)21-18(23)15-10-26-19(22-15)13-5-6-16(24-3)17(8-13)25-4/h5-10H,1-4H3,(H,21,23).